The lowest BCUT2D eigenvalue weighted by molar-refractivity contribution is 0.399. The summed E-state index contributed by atoms with van der Waals surface area (Å²) in [5, 5.41) is 0. The van der Waals surface area contributed by atoms with Crippen molar-refractivity contribution >= 4 is 16.7 Å². The smallest absolute Gasteiger partial charge is 0.215 e. The standard InChI is InChI=1S/C20H22N4O/c1-13-19-14(2)22-17(11-9-15-7-5-4-6-8-15)24(19)20-16(21-13)10-12-18(23-20)25-3/h10,12,15H,4-8H2,1-3H3. The quantitative estimate of drug-likeness (QED) is 0.635. The van der Waals surface area contributed by atoms with Crippen molar-refractivity contribution in [1.82, 2.24) is 19.4 Å². The largest absolute Gasteiger partial charge is 0.481 e. The van der Waals surface area contributed by atoms with Crippen molar-refractivity contribution in [3.8, 4) is 17.7 Å². The zero-order valence-corrected chi connectivity index (χ0v) is 15.0. The summed E-state index contributed by atoms with van der Waals surface area (Å²) in [5.74, 6) is 8.57. The maximum Gasteiger partial charge on any atom is 0.215 e. The van der Waals surface area contributed by atoms with Crippen molar-refractivity contribution in [2.75, 3.05) is 7.11 Å². The van der Waals surface area contributed by atoms with Crippen LogP contribution in [-0.2, 0) is 0 Å². The van der Waals surface area contributed by atoms with E-state index in [1.54, 1.807) is 7.11 Å². The van der Waals surface area contributed by atoms with Crippen LogP contribution in [0.25, 0.3) is 16.7 Å². The van der Waals surface area contributed by atoms with E-state index in [-0.39, 0.29) is 0 Å². The number of hydrogen-bond acceptors (Lipinski definition) is 4. The fourth-order valence-corrected chi connectivity index (χ4v) is 3.68. The molecule has 0 unspecified atom stereocenters. The Morgan fingerprint density at radius 3 is 2.56 bits per heavy atom. The predicted molar refractivity (Wildman–Crippen MR) is 97.8 cm³/mol. The van der Waals surface area contributed by atoms with E-state index in [2.05, 4.69) is 21.8 Å². The minimum Gasteiger partial charge on any atom is -0.481 e. The summed E-state index contributed by atoms with van der Waals surface area (Å²) in [5.41, 5.74) is 4.43. The van der Waals surface area contributed by atoms with Gasteiger partial charge >= 0.3 is 0 Å². The van der Waals surface area contributed by atoms with E-state index < -0.39 is 0 Å². The van der Waals surface area contributed by atoms with Crippen LogP contribution in [0.1, 0.15) is 49.3 Å². The van der Waals surface area contributed by atoms with Gasteiger partial charge in [0.25, 0.3) is 0 Å². The van der Waals surface area contributed by atoms with Gasteiger partial charge in [-0.15, -0.1) is 0 Å². The molecule has 0 atom stereocenters. The molecule has 128 valence electrons. The molecule has 0 radical (unpaired) electrons. The number of ether oxygens (including phenoxy) is 1. The molecule has 3 aromatic heterocycles. The first-order chi connectivity index (χ1) is 12.2. The highest BCUT2D eigenvalue weighted by atomic mass is 16.5. The van der Waals surface area contributed by atoms with Crippen molar-refractivity contribution in [1.29, 1.82) is 0 Å². The molecule has 5 nitrogen and oxygen atoms in total. The van der Waals surface area contributed by atoms with Crippen molar-refractivity contribution in [3.05, 3.63) is 29.3 Å². The molecule has 1 saturated carbocycles. The first-order valence-electron chi connectivity index (χ1n) is 8.89. The van der Waals surface area contributed by atoms with Gasteiger partial charge in [0.1, 0.15) is 5.52 Å². The highest BCUT2D eigenvalue weighted by Crippen LogP contribution is 2.25. The topological polar surface area (TPSA) is 52.3 Å². The highest BCUT2D eigenvalue weighted by Gasteiger charge is 2.16. The van der Waals surface area contributed by atoms with Crippen LogP contribution in [0.15, 0.2) is 12.1 Å². The van der Waals surface area contributed by atoms with Gasteiger partial charge in [-0.2, -0.15) is 4.98 Å². The first kappa shape index (κ1) is 15.9. The number of aromatic nitrogens is 4. The van der Waals surface area contributed by atoms with Crippen molar-refractivity contribution in [3.63, 3.8) is 0 Å². The summed E-state index contributed by atoms with van der Waals surface area (Å²) < 4.78 is 7.33. The molecule has 0 bridgehead atoms. The fourth-order valence-electron chi connectivity index (χ4n) is 3.68. The molecular formula is C20H22N4O. The van der Waals surface area contributed by atoms with E-state index >= 15 is 0 Å². The van der Waals surface area contributed by atoms with Gasteiger partial charge in [0.05, 0.1) is 24.0 Å². The number of hydrogen-bond donors (Lipinski definition) is 0. The number of methoxy groups -OCH3 is 1. The minimum absolute atomic E-state index is 0.484. The van der Waals surface area contributed by atoms with E-state index in [4.69, 9.17) is 9.72 Å². The molecular weight excluding hydrogens is 312 g/mol. The molecule has 0 amide bonds. The summed E-state index contributed by atoms with van der Waals surface area (Å²) in [7, 11) is 1.62. The Labute approximate surface area is 147 Å². The number of fused-ring (bicyclic) bond motifs is 3. The van der Waals surface area contributed by atoms with Crippen LogP contribution in [0, 0.1) is 31.6 Å². The fraction of sp³-hybridized carbons (Fsp3) is 0.450. The Bertz CT molecular complexity index is 1000. The zero-order valence-electron chi connectivity index (χ0n) is 15.0. The Morgan fingerprint density at radius 1 is 1.04 bits per heavy atom. The predicted octanol–water partition coefficient (Wildman–Crippen LogP) is 3.83. The van der Waals surface area contributed by atoms with Gasteiger partial charge in [-0.25, -0.2) is 9.97 Å². The van der Waals surface area contributed by atoms with E-state index in [0.717, 1.165) is 33.9 Å². The molecule has 4 rings (SSSR count). The Morgan fingerprint density at radius 2 is 1.80 bits per heavy atom. The van der Waals surface area contributed by atoms with E-state index in [1.165, 1.54) is 32.1 Å². The van der Waals surface area contributed by atoms with Crippen molar-refractivity contribution < 1.29 is 4.74 Å². The van der Waals surface area contributed by atoms with Crippen LogP contribution in [0.5, 0.6) is 5.88 Å². The number of pyridine rings is 1. The van der Waals surface area contributed by atoms with Crippen LogP contribution in [-0.4, -0.2) is 26.5 Å². The van der Waals surface area contributed by atoms with Crippen molar-refractivity contribution in [2.45, 2.75) is 46.0 Å². The molecule has 0 saturated heterocycles. The van der Waals surface area contributed by atoms with Gasteiger partial charge in [-0.1, -0.05) is 25.2 Å². The first-order valence-corrected chi connectivity index (χ1v) is 8.89. The maximum absolute atomic E-state index is 5.29. The second-order valence-electron chi connectivity index (χ2n) is 6.70. The van der Waals surface area contributed by atoms with Crippen LogP contribution >= 0.6 is 0 Å². The lowest BCUT2D eigenvalue weighted by Crippen LogP contribution is -2.04. The summed E-state index contributed by atoms with van der Waals surface area (Å²) >= 11 is 0. The lowest BCUT2D eigenvalue weighted by atomic mass is 9.90. The molecule has 3 heterocycles. The summed E-state index contributed by atoms with van der Waals surface area (Å²) in [6.07, 6.45) is 6.30. The number of imidazole rings is 1. The van der Waals surface area contributed by atoms with Gasteiger partial charge < -0.3 is 4.74 Å². The third-order valence-corrected chi connectivity index (χ3v) is 4.93. The van der Waals surface area contributed by atoms with Gasteiger partial charge in [0, 0.05) is 12.0 Å². The maximum atomic E-state index is 5.29. The van der Waals surface area contributed by atoms with Crippen LogP contribution < -0.4 is 4.74 Å². The highest BCUT2D eigenvalue weighted by molar-refractivity contribution is 5.78. The molecule has 25 heavy (non-hydrogen) atoms. The molecule has 0 spiro atoms. The Balaban J connectivity index is 1.93. The van der Waals surface area contributed by atoms with Gasteiger partial charge in [-0.05, 0) is 38.7 Å². The van der Waals surface area contributed by atoms with Gasteiger partial charge in [0.15, 0.2) is 11.5 Å². The average Bonchev–Trinajstić information content (AvgIpc) is 2.98. The van der Waals surface area contributed by atoms with Crippen molar-refractivity contribution in [2.24, 2.45) is 5.92 Å². The molecule has 1 aliphatic rings. The third kappa shape index (κ3) is 2.82. The normalized spacial score (nSPS) is 15.3. The number of nitrogens with zero attached hydrogens (tertiary/aromatic N) is 4. The van der Waals surface area contributed by atoms with E-state index in [9.17, 15) is 0 Å². The second kappa shape index (κ2) is 6.36. The van der Waals surface area contributed by atoms with Crippen LogP contribution in [0.3, 0.4) is 0 Å². The van der Waals surface area contributed by atoms with Gasteiger partial charge in [0.2, 0.25) is 5.88 Å². The van der Waals surface area contributed by atoms with Gasteiger partial charge in [-0.3, -0.25) is 4.40 Å². The molecule has 0 aliphatic heterocycles. The van der Waals surface area contributed by atoms with Crippen LogP contribution in [0.2, 0.25) is 0 Å². The number of aryl methyl sites for hydroxylation is 2. The monoisotopic (exact) mass is 334 g/mol. The zero-order chi connectivity index (χ0) is 17.4. The summed E-state index contributed by atoms with van der Waals surface area (Å²) in [6, 6.07) is 3.76. The molecule has 0 N–H and O–H groups in total. The molecule has 0 aromatic carbocycles. The Kier molecular flexibility index (Phi) is 4.04. The summed E-state index contributed by atoms with van der Waals surface area (Å²) in [6.45, 7) is 4.01. The second-order valence-corrected chi connectivity index (χ2v) is 6.70. The van der Waals surface area contributed by atoms with Crippen LogP contribution in [0.4, 0.5) is 0 Å². The number of rotatable bonds is 1. The average molecular weight is 334 g/mol. The minimum atomic E-state index is 0.484. The molecule has 1 fully saturated rings. The van der Waals surface area contributed by atoms with E-state index in [1.807, 2.05) is 30.4 Å². The molecule has 3 aromatic rings. The molecule has 1 aliphatic carbocycles. The lowest BCUT2D eigenvalue weighted by Gasteiger charge is -2.15. The third-order valence-electron chi connectivity index (χ3n) is 4.93. The summed E-state index contributed by atoms with van der Waals surface area (Å²) in [4.78, 5) is 14.0. The molecule has 5 heteroatoms. The Hall–Kier alpha value is -2.61. The van der Waals surface area contributed by atoms with E-state index in [0.29, 0.717) is 11.8 Å². The SMILES string of the molecule is COc1ccc2nc(C)c3c(C)nc(C#CC4CCCCC4)n3c2n1.